The first kappa shape index (κ1) is 13.3. The van der Waals surface area contributed by atoms with E-state index in [0.29, 0.717) is 12.5 Å². The van der Waals surface area contributed by atoms with Crippen LogP contribution in [0.15, 0.2) is 22.7 Å². The maximum atomic E-state index is 5.44. The van der Waals surface area contributed by atoms with Crippen LogP contribution >= 0.6 is 15.9 Å². The Labute approximate surface area is 106 Å². The van der Waals surface area contributed by atoms with Gasteiger partial charge in [0.15, 0.2) is 0 Å². The number of ether oxygens (including phenoxy) is 1. The van der Waals surface area contributed by atoms with Gasteiger partial charge in [-0.15, -0.1) is 0 Å². The number of benzene rings is 1. The molecule has 2 N–H and O–H groups in total. The number of hydrogen-bond donors (Lipinski definition) is 1. The summed E-state index contributed by atoms with van der Waals surface area (Å²) in [5, 5.41) is 0. The highest BCUT2D eigenvalue weighted by Crippen LogP contribution is 2.32. The maximum absolute atomic E-state index is 5.44. The van der Waals surface area contributed by atoms with Crippen LogP contribution in [0.4, 0.5) is 0 Å². The molecule has 88 valence electrons. The molecule has 0 radical (unpaired) electrons. The maximum Gasteiger partial charge on any atom is 0.126 e. The lowest BCUT2D eigenvalue weighted by molar-refractivity contribution is 0.413. The van der Waals surface area contributed by atoms with E-state index >= 15 is 0 Å². The fourth-order valence-corrected chi connectivity index (χ4v) is 2.35. The van der Waals surface area contributed by atoms with Crippen LogP contribution in [0, 0.1) is 0 Å². The second-order valence-corrected chi connectivity index (χ2v) is 4.76. The van der Waals surface area contributed by atoms with Crippen molar-refractivity contribution in [2.24, 2.45) is 5.73 Å². The zero-order valence-corrected chi connectivity index (χ0v) is 11.5. The van der Waals surface area contributed by atoms with Gasteiger partial charge in [0.05, 0.1) is 7.11 Å². The molecule has 0 bridgehead atoms. The van der Waals surface area contributed by atoms with E-state index in [1.807, 2.05) is 12.2 Å². The highest BCUT2D eigenvalue weighted by molar-refractivity contribution is 9.10. The lowest BCUT2D eigenvalue weighted by Gasteiger charge is -2.13. The quantitative estimate of drug-likeness (QED) is 0.917. The third-order valence-corrected chi connectivity index (χ3v) is 3.09. The molecule has 0 heterocycles. The number of halogens is 1. The summed E-state index contributed by atoms with van der Waals surface area (Å²) < 4.78 is 6.49. The molecule has 0 unspecified atom stereocenters. The predicted molar refractivity (Wildman–Crippen MR) is 72.9 cm³/mol. The fourth-order valence-electron chi connectivity index (χ4n) is 1.53. The first-order valence-corrected chi connectivity index (χ1v) is 6.13. The molecule has 0 saturated carbocycles. The molecule has 16 heavy (non-hydrogen) atoms. The van der Waals surface area contributed by atoms with Gasteiger partial charge in [0.2, 0.25) is 0 Å². The van der Waals surface area contributed by atoms with Crippen molar-refractivity contribution in [1.82, 2.24) is 0 Å². The van der Waals surface area contributed by atoms with E-state index in [-0.39, 0.29) is 0 Å². The zero-order valence-electron chi connectivity index (χ0n) is 9.96. The van der Waals surface area contributed by atoms with Gasteiger partial charge in [-0.1, -0.05) is 41.9 Å². The van der Waals surface area contributed by atoms with Crippen molar-refractivity contribution in [1.29, 1.82) is 0 Å². The van der Waals surface area contributed by atoms with Gasteiger partial charge in [-0.05, 0) is 23.6 Å². The first-order chi connectivity index (χ1) is 7.60. The Morgan fingerprint density at radius 3 is 2.62 bits per heavy atom. The first-order valence-electron chi connectivity index (χ1n) is 5.34. The van der Waals surface area contributed by atoms with E-state index in [2.05, 4.69) is 41.9 Å². The summed E-state index contributed by atoms with van der Waals surface area (Å²) in [4.78, 5) is 0. The lowest BCUT2D eigenvalue weighted by Crippen LogP contribution is -1.96. The fraction of sp³-hybridized carbons (Fsp3) is 0.385. The number of hydrogen-bond acceptors (Lipinski definition) is 2. The van der Waals surface area contributed by atoms with Gasteiger partial charge in [-0.2, -0.15) is 0 Å². The van der Waals surface area contributed by atoms with Crippen LogP contribution in [0.2, 0.25) is 0 Å². The molecule has 0 amide bonds. The summed E-state index contributed by atoms with van der Waals surface area (Å²) in [6.07, 6.45) is 3.90. The van der Waals surface area contributed by atoms with E-state index in [1.165, 1.54) is 5.56 Å². The Bertz CT molecular complexity index is 386. The van der Waals surface area contributed by atoms with Gasteiger partial charge in [0.25, 0.3) is 0 Å². The van der Waals surface area contributed by atoms with Gasteiger partial charge in [0.1, 0.15) is 5.75 Å². The molecule has 0 aliphatic heterocycles. The van der Waals surface area contributed by atoms with Crippen molar-refractivity contribution in [2.75, 3.05) is 13.7 Å². The molecule has 0 aromatic heterocycles. The second kappa shape index (κ2) is 6.06. The molecule has 2 nitrogen and oxygen atoms in total. The SMILES string of the molecule is COc1cc(C(C)C)c(Br)cc1/C=C/CN. The summed E-state index contributed by atoms with van der Waals surface area (Å²) in [5.74, 6) is 1.35. The number of methoxy groups -OCH3 is 1. The minimum atomic E-state index is 0.468. The molecule has 0 aliphatic carbocycles. The normalized spacial score (nSPS) is 11.4. The molecular weight excluding hydrogens is 266 g/mol. The Morgan fingerprint density at radius 1 is 1.44 bits per heavy atom. The molecule has 3 heteroatoms. The van der Waals surface area contributed by atoms with Crippen molar-refractivity contribution in [3.63, 3.8) is 0 Å². The minimum absolute atomic E-state index is 0.468. The van der Waals surface area contributed by atoms with Crippen LogP contribution < -0.4 is 10.5 Å². The summed E-state index contributed by atoms with van der Waals surface area (Å²) in [5.41, 5.74) is 7.74. The van der Waals surface area contributed by atoms with E-state index in [9.17, 15) is 0 Å². The van der Waals surface area contributed by atoms with Crippen molar-refractivity contribution >= 4 is 22.0 Å². The topological polar surface area (TPSA) is 35.2 Å². The van der Waals surface area contributed by atoms with Gasteiger partial charge in [0, 0.05) is 16.6 Å². The van der Waals surface area contributed by atoms with Crippen LogP contribution in [-0.4, -0.2) is 13.7 Å². The van der Waals surface area contributed by atoms with Crippen LogP contribution in [0.5, 0.6) is 5.75 Å². The van der Waals surface area contributed by atoms with Gasteiger partial charge < -0.3 is 10.5 Å². The number of rotatable bonds is 4. The molecule has 1 aromatic carbocycles. The average molecular weight is 284 g/mol. The van der Waals surface area contributed by atoms with Crippen molar-refractivity contribution in [2.45, 2.75) is 19.8 Å². The third-order valence-electron chi connectivity index (χ3n) is 2.40. The van der Waals surface area contributed by atoms with Crippen LogP contribution in [0.25, 0.3) is 6.08 Å². The number of nitrogens with two attached hydrogens (primary N) is 1. The third kappa shape index (κ3) is 3.09. The Morgan fingerprint density at radius 2 is 2.12 bits per heavy atom. The summed E-state index contributed by atoms with van der Waals surface area (Å²) in [7, 11) is 1.69. The van der Waals surface area contributed by atoms with Crippen LogP contribution in [0.1, 0.15) is 30.9 Å². The molecule has 0 atom stereocenters. The van der Waals surface area contributed by atoms with Gasteiger partial charge in [-0.25, -0.2) is 0 Å². The molecule has 1 rings (SSSR count). The summed E-state index contributed by atoms with van der Waals surface area (Å²) >= 11 is 3.58. The van der Waals surface area contributed by atoms with E-state index in [0.717, 1.165) is 15.8 Å². The molecule has 0 saturated heterocycles. The Hall–Kier alpha value is -0.800. The average Bonchev–Trinajstić information content (AvgIpc) is 2.25. The predicted octanol–water partition coefficient (Wildman–Crippen LogP) is 3.55. The second-order valence-electron chi connectivity index (χ2n) is 3.91. The van der Waals surface area contributed by atoms with Gasteiger partial charge in [-0.3, -0.25) is 0 Å². The highest BCUT2D eigenvalue weighted by atomic mass is 79.9. The molecule has 0 fully saturated rings. The van der Waals surface area contributed by atoms with E-state index in [4.69, 9.17) is 10.5 Å². The van der Waals surface area contributed by atoms with Gasteiger partial charge >= 0.3 is 0 Å². The molecule has 0 aliphatic rings. The molecular formula is C13H18BrNO. The summed E-state index contributed by atoms with van der Waals surface area (Å²) in [6.45, 7) is 4.86. The molecule has 1 aromatic rings. The van der Waals surface area contributed by atoms with E-state index in [1.54, 1.807) is 7.11 Å². The highest BCUT2D eigenvalue weighted by Gasteiger charge is 2.09. The van der Waals surface area contributed by atoms with E-state index < -0.39 is 0 Å². The summed E-state index contributed by atoms with van der Waals surface area (Å²) in [6, 6.07) is 4.14. The van der Waals surface area contributed by atoms with Crippen molar-refractivity contribution < 1.29 is 4.74 Å². The standard InChI is InChI=1S/C13H18BrNO/c1-9(2)11-8-13(16-3)10(5-4-6-15)7-12(11)14/h4-5,7-9H,6,15H2,1-3H3/b5-4+. The Kier molecular flexibility index (Phi) is 5.03. The van der Waals surface area contributed by atoms with Crippen LogP contribution in [-0.2, 0) is 0 Å². The van der Waals surface area contributed by atoms with Crippen LogP contribution in [0.3, 0.4) is 0 Å². The monoisotopic (exact) mass is 283 g/mol. The molecule has 0 spiro atoms. The zero-order chi connectivity index (χ0) is 12.1. The smallest absolute Gasteiger partial charge is 0.126 e. The lowest BCUT2D eigenvalue weighted by atomic mass is 10.0. The Balaban J connectivity index is 3.21. The van der Waals surface area contributed by atoms with Crippen molar-refractivity contribution in [3.8, 4) is 5.75 Å². The largest absolute Gasteiger partial charge is 0.496 e. The van der Waals surface area contributed by atoms with Crippen molar-refractivity contribution in [3.05, 3.63) is 33.8 Å². The minimum Gasteiger partial charge on any atom is -0.496 e.